The van der Waals surface area contributed by atoms with Gasteiger partial charge < -0.3 is 4.90 Å². The summed E-state index contributed by atoms with van der Waals surface area (Å²) in [4.78, 5) is 35.7. The average Bonchev–Trinajstić information content (AvgIpc) is 2.26. The van der Waals surface area contributed by atoms with Gasteiger partial charge in [-0.2, -0.15) is 0 Å². The quantitative estimate of drug-likeness (QED) is 0.786. The first kappa shape index (κ1) is 13.0. The maximum Gasteiger partial charge on any atom is 0.256 e. The van der Waals surface area contributed by atoms with E-state index in [9.17, 15) is 14.4 Å². The summed E-state index contributed by atoms with van der Waals surface area (Å²) in [5.41, 5.74) is 0.266. The van der Waals surface area contributed by atoms with Crippen LogP contribution in [0.3, 0.4) is 0 Å². The molecule has 1 aromatic rings. The van der Waals surface area contributed by atoms with Crippen LogP contribution in [0.2, 0.25) is 5.02 Å². The van der Waals surface area contributed by atoms with Crippen LogP contribution in [0.15, 0.2) is 22.7 Å². The molecule has 0 radical (unpaired) electrons. The van der Waals surface area contributed by atoms with E-state index < -0.39 is 17.7 Å². The second kappa shape index (κ2) is 5.07. The molecule has 3 amide bonds. The van der Waals surface area contributed by atoms with E-state index in [2.05, 4.69) is 21.2 Å². The first-order valence-electron chi connectivity index (χ1n) is 5.04. The second-order valence-corrected chi connectivity index (χ2v) is 5.08. The first-order chi connectivity index (χ1) is 8.47. The molecule has 1 aromatic carbocycles. The number of halogens is 2. The minimum absolute atomic E-state index is 0.142. The van der Waals surface area contributed by atoms with Crippen LogP contribution in [0.1, 0.15) is 10.4 Å². The summed E-state index contributed by atoms with van der Waals surface area (Å²) in [6.45, 7) is -0.284. The lowest BCUT2D eigenvalue weighted by molar-refractivity contribution is -0.135. The Morgan fingerprint density at radius 3 is 2.44 bits per heavy atom. The molecule has 18 heavy (non-hydrogen) atoms. The van der Waals surface area contributed by atoms with Crippen LogP contribution in [0.4, 0.5) is 0 Å². The number of rotatable bonds is 1. The molecule has 0 spiro atoms. The standard InChI is InChI=1S/C11H8BrClN2O3/c12-6-1-2-7(8(13)3-6)11(18)15-4-9(16)14-10(17)5-15/h1-3H,4-5H2,(H,14,16,17). The zero-order valence-electron chi connectivity index (χ0n) is 9.07. The highest BCUT2D eigenvalue weighted by Crippen LogP contribution is 2.22. The van der Waals surface area contributed by atoms with E-state index in [1.165, 1.54) is 0 Å². The molecule has 1 heterocycles. The fourth-order valence-electron chi connectivity index (χ4n) is 1.61. The second-order valence-electron chi connectivity index (χ2n) is 3.76. The Balaban J connectivity index is 2.25. The molecular formula is C11H8BrClN2O3. The monoisotopic (exact) mass is 330 g/mol. The van der Waals surface area contributed by atoms with Gasteiger partial charge in [-0.3, -0.25) is 19.7 Å². The summed E-state index contributed by atoms with van der Waals surface area (Å²) in [6.07, 6.45) is 0. The van der Waals surface area contributed by atoms with Gasteiger partial charge in [-0.1, -0.05) is 27.5 Å². The molecule has 0 bridgehead atoms. The van der Waals surface area contributed by atoms with Crippen molar-refractivity contribution in [2.75, 3.05) is 13.1 Å². The number of hydrogen-bond donors (Lipinski definition) is 1. The van der Waals surface area contributed by atoms with Crippen molar-refractivity contribution >= 4 is 45.3 Å². The van der Waals surface area contributed by atoms with Crippen LogP contribution in [0.5, 0.6) is 0 Å². The van der Waals surface area contributed by atoms with Gasteiger partial charge in [0.1, 0.15) is 13.1 Å². The number of piperazine rings is 1. The number of imide groups is 1. The number of nitrogens with zero attached hydrogens (tertiary/aromatic N) is 1. The Labute approximate surface area is 116 Å². The highest BCUT2D eigenvalue weighted by atomic mass is 79.9. The van der Waals surface area contributed by atoms with E-state index in [1.54, 1.807) is 18.2 Å². The smallest absolute Gasteiger partial charge is 0.256 e. The third-order valence-electron chi connectivity index (χ3n) is 2.40. The molecule has 1 aliphatic rings. The average molecular weight is 332 g/mol. The fraction of sp³-hybridized carbons (Fsp3) is 0.182. The molecule has 7 heteroatoms. The van der Waals surface area contributed by atoms with Gasteiger partial charge in [0.15, 0.2) is 0 Å². The minimum atomic E-state index is -0.493. The van der Waals surface area contributed by atoms with Gasteiger partial charge in [-0.05, 0) is 18.2 Å². The normalized spacial score (nSPS) is 15.6. The Morgan fingerprint density at radius 1 is 1.28 bits per heavy atom. The lowest BCUT2D eigenvalue weighted by atomic mass is 10.2. The van der Waals surface area contributed by atoms with Gasteiger partial charge in [0.05, 0.1) is 10.6 Å². The third kappa shape index (κ3) is 2.70. The van der Waals surface area contributed by atoms with Crippen LogP contribution < -0.4 is 5.32 Å². The maximum absolute atomic E-state index is 12.1. The van der Waals surface area contributed by atoms with Crippen molar-refractivity contribution in [3.05, 3.63) is 33.3 Å². The molecule has 94 valence electrons. The van der Waals surface area contributed by atoms with Crippen molar-refractivity contribution in [2.24, 2.45) is 0 Å². The summed E-state index contributed by atoms with van der Waals surface area (Å²) in [7, 11) is 0. The summed E-state index contributed by atoms with van der Waals surface area (Å²) < 4.78 is 0.747. The number of amides is 3. The molecule has 1 N–H and O–H groups in total. The number of carbonyl (C=O) groups excluding carboxylic acids is 3. The van der Waals surface area contributed by atoms with E-state index in [-0.39, 0.29) is 23.7 Å². The predicted octanol–water partition coefficient (Wildman–Crippen LogP) is 1.20. The third-order valence-corrected chi connectivity index (χ3v) is 3.20. The van der Waals surface area contributed by atoms with E-state index in [1.807, 2.05) is 0 Å². The molecule has 0 saturated carbocycles. The molecule has 1 saturated heterocycles. The van der Waals surface area contributed by atoms with Crippen LogP contribution in [-0.2, 0) is 9.59 Å². The molecule has 0 aliphatic carbocycles. The Bertz CT molecular complexity index is 531. The highest BCUT2D eigenvalue weighted by Gasteiger charge is 2.28. The van der Waals surface area contributed by atoms with Crippen molar-refractivity contribution in [1.82, 2.24) is 10.2 Å². The molecule has 0 aromatic heterocycles. The van der Waals surface area contributed by atoms with Crippen molar-refractivity contribution in [3.63, 3.8) is 0 Å². The van der Waals surface area contributed by atoms with Crippen LogP contribution >= 0.6 is 27.5 Å². The zero-order valence-corrected chi connectivity index (χ0v) is 11.4. The SMILES string of the molecule is O=C1CN(C(=O)c2ccc(Br)cc2Cl)CC(=O)N1. The minimum Gasteiger partial charge on any atom is -0.320 e. The van der Waals surface area contributed by atoms with Crippen LogP contribution in [-0.4, -0.2) is 35.7 Å². The van der Waals surface area contributed by atoms with Gasteiger partial charge in [-0.25, -0.2) is 0 Å². The number of hydrogen-bond acceptors (Lipinski definition) is 3. The van der Waals surface area contributed by atoms with Gasteiger partial charge >= 0.3 is 0 Å². The van der Waals surface area contributed by atoms with Crippen LogP contribution in [0, 0.1) is 0 Å². The van der Waals surface area contributed by atoms with Crippen molar-refractivity contribution in [3.8, 4) is 0 Å². The lowest BCUT2D eigenvalue weighted by Gasteiger charge is -2.25. The topological polar surface area (TPSA) is 66.5 Å². The number of nitrogens with one attached hydrogen (secondary N) is 1. The summed E-state index contributed by atoms with van der Waals surface area (Å²) >= 11 is 9.19. The van der Waals surface area contributed by atoms with Crippen molar-refractivity contribution in [2.45, 2.75) is 0 Å². The van der Waals surface area contributed by atoms with Gasteiger partial charge in [0.25, 0.3) is 5.91 Å². The summed E-state index contributed by atoms with van der Waals surface area (Å²) in [5.74, 6) is -1.42. The highest BCUT2D eigenvalue weighted by molar-refractivity contribution is 9.10. The van der Waals surface area contributed by atoms with E-state index in [0.29, 0.717) is 0 Å². The molecule has 0 unspecified atom stereocenters. The molecule has 0 atom stereocenters. The van der Waals surface area contributed by atoms with Crippen LogP contribution in [0.25, 0.3) is 0 Å². The van der Waals surface area contributed by atoms with Gasteiger partial charge in [0, 0.05) is 4.47 Å². The number of benzene rings is 1. The fourth-order valence-corrected chi connectivity index (χ4v) is 2.37. The zero-order chi connectivity index (χ0) is 13.3. The first-order valence-corrected chi connectivity index (χ1v) is 6.21. The Morgan fingerprint density at radius 2 is 1.89 bits per heavy atom. The van der Waals surface area contributed by atoms with Crippen molar-refractivity contribution < 1.29 is 14.4 Å². The molecular weight excluding hydrogens is 323 g/mol. The molecule has 1 fully saturated rings. The Hall–Kier alpha value is -1.40. The van der Waals surface area contributed by atoms with E-state index >= 15 is 0 Å². The maximum atomic E-state index is 12.1. The summed E-state index contributed by atoms with van der Waals surface area (Å²) in [6, 6.07) is 4.80. The molecule has 1 aliphatic heterocycles. The van der Waals surface area contributed by atoms with Gasteiger partial charge in [-0.15, -0.1) is 0 Å². The van der Waals surface area contributed by atoms with E-state index in [0.717, 1.165) is 9.37 Å². The largest absolute Gasteiger partial charge is 0.320 e. The summed E-state index contributed by atoms with van der Waals surface area (Å²) in [5, 5.41) is 2.40. The lowest BCUT2D eigenvalue weighted by Crippen LogP contribution is -2.53. The molecule has 5 nitrogen and oxygen atoms in total. The number of carbonyl (C=O) groups is 3. The molecule has 2 rings (SSSR count). The van der Waals surface area contributed by atoms with Crippen molar-refractivity contribution in [1.29, 1.82) is 0 Å². The Kier molecular flexibility index (Phi) is 3.68. The predicted molar refractivity (Wildman–Crippen MR) is 68.2 cm³/mol. The van der Waals surface area contributed by atoms with E-state index in [4.69, 9.17) is 11.6 Å². The van der Waals surface area contributed by atoms with Gasteiger partial charge in [0.2, 0.25) is 11.8 Å².